The molecule has 22 heavy (non-hydrogen) atoms. The average Bonchev–Trinajstić information content (AvgIpc) is 2.48. The monoisotopic (exact) mass is 305 g/mol. The van der Waals surface area contributed by atoms with Gasteiger partial charge < -0.3 is 10.1 Å². The van der Waals surface area contributed by atoms with Gasteiger partial charge in [-0.25, -0.2) is 4.39 Å². The van der Waals surface area contributed by atoms with Gasteiger partial charge in [0.1, 0.15) is 5.82 Å². The van der Waals surface area contributed by atoms with Crippen molar-refractivity contribution in [3.05, 3.63) is 29.6 Å². The highest BCUT2D eigenvalue weighted by Gasteiger charge is 2.38. The summed E-state index contributed by atoms with van der Waals surface area (Å²) in [6.45, 7) is 2.15. The molecular formula is C18H24FNO2. The number of benzene rings is 1. The minimum absolute atomic E-state index is 0.00210. The van der Waals surface area contributed by atoms with Gasteiger partial charge in [0.05, 0.1) is 11.2 Å². The zero-order chi connectivity index (χ0) is 15.6. The van der Waals surface area contributed by atoms with Crippen LogP contribution < -0.4 is 5.32 Å². The quantitative estimate of drug-likeness (QED) is 0.845. The van der Waals surface area contributed by atoms with E-state index in [0.717, 1.165) is 32.3 Å². The second-order valence-corrected chi connectivity index (χ2v) is 6.64. The van der Waals surface area contributed by atoms with Crippen LogP contribution in [0.15, 0.2) is 18.2 Å². The van der Waals surface area contributed by atoms with E-state index in [2.05, 4.69) is 5.32 Å². The molecule has 2 fully saturated rings. The smallest absolute Gasteiger partial charge is 0.164 e. The maximum Gasteiger partial charge on any atom is 0.164 e. The van der Waals surface area contributed by atoms with E-state index in [1.807, 2.05) is 0 Å². The van der Waals surface area contributed by atoms with Gasteiger partial charge in [-0.05, 0) is 44.7 Å². The van der Waals surface area contributed by atoms with E-state index in [0.29, 0.717) is 5.69 Å². The van der Waals surface area contributed by atoms with Crippen LogP contribution in [0.2, 0.25) is 0 Å². The van der Waals surface area contributed by atoms with Crippen molar-refractivity contribution in [1.82, 2.24) is 0 Å². The maximum atomic E-state index is 13.9. The zero-order valence-corrected chi connectivity index (χ0v) is 13.2. The standard InChI is InChI=1S/C18H24FNO2/c1-13(21)17-15(19)6-5-7-16(17)20-14-8-11-22-18(12-14)9-3-2-4-10-18/h5-7,14,20H,2-4,8-12H2,1H3. The Kier molecular flexibility index (Phi) is 4.48. The van der Waals surface area contributed by atoms with Crippen LogP contribution in [-0.2, 0) is 4.74 Å². The van der Waals surface area contributed by atoms with Crippen LogP contribution in [0.5, 0.6) is 0 Å². The Morgan fingerprint density at radius 1 is 1.32 bits per heavy atom. The molecule has 3 rings (SSSR count). The number of carbonyl (C=O) groups excluding carboxylic acids is 1. The molecule has 0 bridgehead atoms. The molecule has 1 aromatic carbocycles. The van der Waals surface area contributed by atoms with Gasteiger partial charge in [-0.15, -0.1) is 0 Å². The molecule has 1 heterocycles. The Labute approximate surface area is 131 Å². The highest BCUT2D eigenvalue weighted by Crippen LogP contribution is 2.39. The molecule has 1 aliphatic heterocycles. The number of anilines is 1. The Morgan fingerprint density at radius 3 is 2.82 bits per heavy atom. The number of ether oxygens (including phenoxy) is 1. The van der Waals surface area contributed by atoms with Gasteiger partial charge in [-0.1, -0.05) is 25.3 Å². The second-order valence-electron chi connectivity index (χ2n) is 6.64. The van der Waals surface area contributed by atoms with Crippen molar-refractivity contribution in [2.75, 3.05) is 11.9 Å². The van der Waals surface area contributed by atoms with E-state index in [1.54, 1.807) is 12.1 Å². The van der Waals surface area contributed by atoms with E-state index in [1.165, 1.54) is 32.3 Å². The molecule has 1 aliphatic carbocycles. The molecule has 1 unspecified atom stereocenters. The fraction of sp³-hybridized carbons (Fsp3) is 0.611. The number of hydrogen-bond acceptors (Lipinski definition) is 3. The number of halogens is 1. The molecule has 1 atom stereocenters. The van der Waals surface area contributed by atoms with Gasteiger partial charge >= 0.3 is 0 Å². The number of hydrogen-bond donors (Lipinski definition) is 1. The predicted octanol–water partition coefficient (Wildman–Crippen LogP) is 4.32. The number of rotatable bonds is 3. The lowest BCUT2D eigenvalue weighted by atomic mass is 9.78. The van der Waals surface area contributed by atoms with Crippen LogP contribution in [0.3, 0.4) is 0 Å². The minimum atomic E-state index is -0.447. The second kappa shape index (κ2) is 6.37. The van der Waals surface area contributed by atoms with Gasteiger partial charge in [0.15, 0.2) is 5.78 Å². The number of nitrogens with one attached hydrogen (secondary N) is 1. The fourth-order valence-electron chi connectivity index (χ4n) is 3.92. The average molecular weight is 305 g/mol. The Hall–Kier alpha value is -1.42. The maximum absolute atomic E-state index is 13.9. The lowest BCUT2D eigenvalue weighted by Crippen LogP contribution is -2.45. The summed E-state index contributed by atoms with van der Waals surface area (Å²) in [6, 6.07) is 5.03. The molecule has 1 N–H and O–H groups in total. The highest BCUT2D eigenvalue weighted by atomic mass is 19.1. The van der Waals surface area contributed by atoms with Crippen molar-refractivity contribution >= 4 is 11.5 Å². The molecule has 3 nitrogen and oxygen atoms in total. The molecule has 0 radical (unpaired) electrons. The summed E-state index contributed by atoms with van der Waals surface area (Å²) in [5, 5.41) is 3.40. The first-order chi connectivity index (χ1) is 10.6. The van der Waals surface area contributed by atoms with Crippen LogP contribution in [0.1, 0.15) is 62.2 Å². The number of carbonyl (C=O) groups is 1. The van der Waals surface area contributed by atoms with Gasteiger partial charge in [0.25, 0.3) is 0 Å². The van der Waals surface area contributed by atoms with Gasteiger partial charge in [-0.3, -0.25) is 4.79 Å². The third kappa shape index (κ3) is 3.17. The topological polar surface area (TPSA) is 38.3 Å². The molecule has 2 aliphatic rings. The minimum Gasteiger partial charge on any atom is -0.381 e. The highest BCUT2D eigenvalue weighted by molar-refractivity contribution is 5.99. The number of ketones is 1. The van der Waals surface area contributed by atoms with Gasteiger partial charge in [-0.2, -0.15) is 0 Å². The van der Waals surface area contributed by atoms with Crippen molar-refractivity contribution in [1.29, 1.82) is 0 Å². The van der Waals surface area contributed by atoms with Crippen molar-refractivity contribution in [2.24, 2.45) is 0 Å². The molecular weight excluding hydrogens is 281 g/mol. The Bertz CT molecular complexity index is 547. The SMILES string of the molecule is CC(=O)c1c(F)cccc1NC1CCOC2(CCCCC2)C1. The molecule has 1 saturated carbocycles. The van der Waals surface area contributed by atoms with Crippen LogP contribution in [0.4, 0.5) is 10.1 Å². The lowest BCUT2D eigenvalue weighted by Gasteiger charge is -2.44. The summed E-state index contributed by atoms with van der Waals surface area (Å²) >= 11 is 0. The Morgan fingerprint density at radius 2 is 2.09 bits per heavy atom. The first kappa shape index (κ1) is 15.5. The summed E-state index contributed by atoms with van der Waals surface area (Å²) in [5.41, 5.74) is 0.787. The normalized spacial score (nSPS) is 24.2. The van der Waals surface area contributed by atoms with E-state index < -0.39 is 5.82 Å². The molecule has 0 aromatic heterocycles. The first-order valence-corrected chi connectivity index (χ1v) is 8.30. The van der Waals surface area contributed by atoms with Crippen LogP contribution in [0.25, 0.3) is 0 Å². The van der Waals surface area contributed by atoms with E-state index in [4.69, 9.17) is 4.74 Å². The van der Waals surface area contributed by atoms with Crippen molar-refractivity contribution in [2.45, 2.75) is 63.5 Å². The molecule has 1 saturated heterocycles. The van der Waals surface area contributed by atoms with Gasteiger partial charge in [0, 0.05) is 18.3 Å². The third-order valence-electron chi connectivity index (χ3n) is 4.98. The van der Waals surface area contributed by atoms with Crippen LogP contribution in [0, 0.1) is 5.82 Å². The van der Waals surface area contributed by atoms with Crippen molar-refractivity contribution in [3.63, 3.8) is 0 Å². The molecule has 120 valence electrons. The summed E-state index contributed by atoms with van der Waals surface area (Å²) in [4.78, 5) is 11.7. The summed E-state index contributed by atoms with van der Waals surface area (Å²) < 4.78 is 20.0. The van der Waals surface area contributed by atoms with Crippen molar-refractivity contribution in [3.8, 4) is 0 Å². The largest absolute Gasteiger partial charge is 0.381 e. The summed E-state index contributed by atoms with van der Waals surface area (Å²) in [7, 11) is 0. The predicted molar refractivity (Wildman–Crippen MR) is 84.8 cm³/mol. The molecule has 1 spiro atoms. The molecule has 4 heteroatoms. The van der Waals surface area contributed by atoms with Crippen LogP contribution in [-0.4, -0.2) is 24.0 Å². The summed E-state index contributed by atoms with van der Waals surface area (Å²) in [6.07, 6.45) is 7.83. The molecule has 0 amide bonds. The van der Waals surface area contributed by atoms with Gasteiger partial charge in [0.2, 0.25) is 0 Å². The van der Waals surface area contributed by atoms with E-state index in [-0.39, 0.29) is 23.0 Å². The van der Waals surface area contributed by atoms with Crippen molar-refractivity contribution < 1.29 is 13.9 Å². The Balaban J connectivity index is 1.76. The molecule has 1 aromatic rings. The first-order valence-electron chi connectivity index (χ1n) is 8.30. The lowest BCUT2D eigenvalue weighted by molar-refractivity contribution is -0.103. The van der Waals surface area contributed by atoms with E-state index >= 15 is 0 Å². The fourth-order valence-corrected chi connectivity index (χ4v) is 3.92. The van der Waals surface area contributed by atoms with Crippen LogP contribution >= 0.6 is 0 Å². The number of Topliss-reactive ketones (excluding diaryl/α,β-unsaturated/α-hetero) is 1. The third-order valence-corrected chi connectivity index (χ3v) is 4.98. The zero-order valence-electron chi connectivity index (χ0n) is 13.2. The van der Waals surface area contributed by atoms with E-state index in [9.17, 15) is 9.18 Å². The summed E-state index contributed by atoms with van der Waals surface area (Å²) in [5.74, 6) is -0.683.